The molecule has 2 aliphatic carbocycles. The van der Waals surface area contributed by atoms with E-state index in [0.717, 1.165) is 41.1 Å². The molecule has 2 aromatic rings. The summed E-state index contributed by atoms with van der Waals surface area (Å²) in [6.45, 7) is 2.16. The van der Waals surface area contributed by atoms with Crippen molar-refractivity contribution in [3.8, 4) is 11.8 Å². The summed E-state index contributed by atoms with van der Waals surface area (Å²) in [5.41, 5.74) is -4.43. The minimum Gasteiger partial charge on any atom is -0.497 e. The first-order valence-electron chi connectivity index (χ1n) is 19.3. The maximum absolute atomic E-state index is 15.0. The molecule has 57 heavy (non-hydrogen) atoms. The molecule has 6 rings (SSSR count). The molecule has 4 heterocycles. The third-order valence-corrected chi connectivity index (χ3v) is 12.7. The minimum absolute atomic E-state index is 0.0348. The van der Waals surface area contributed by atoms with Gasteiger partial charge < -0.3 is 29.5 Å². The number of hydrogen-bond donors (Lipinski definition) is 2. The van der Waals surface area contributed by atoms with Crippen LogP contribution in [0.3, 0.4) is 0 Å². The lowest BCUT2D eigenvalue weighted by Gasteiger charge is -2.51. The Kier molecular flexibility index (Phi) is 12.7. The molecule has 4 atom stereocenters. The van der Waals surface area contributed by atoms with E-state index in [2.05, 4.69) is 11.1 Å². The molecule has 4 unspecified atom stereocenters. The lowest BCUT2D eigenvalue weighted by atomic mass is 9.71. The van der Waals surface area contributed by atoms with Crippen LogP contribution in [0.1, 0.15) is 98.5 Å². The molecule has 0 aromatic carbocycles. The van der Waals surface area contributed by atoms with E-state index < -0.39 is 63.6 Å². The summed E-state index contributed by atoms with van der Waals surface area (Å²) in [7, 11) is 0. The van der Waals surface area contributed by atoms with Crippen molar-refractivity contribution in [3.63, 3.8) is 0 Å². The summed E-state index contributed by atoms with van der Waals surface area (Å²) in [5, 5.41) is 31.1. The smallest absolute Gasteiger partial charge is 0.425 e. The van der Waals surface area contributed by atoms with Gasteiger partial charge in [0.15, 0.2) is 6.29 Å². The molecule has 2 saturated heterocycles. The number of aliphatic hydroxyl groups excluding tert-OH is 1. The number of nitriles is 1. The zero-order chi connectivity index (χ0) is 41.2. The first-order chi connectivity index (χ1) is 27.0. The highest BCUT2D eigenvalue weighted by Crippen LogP contribution is 2.47. The quantitative estimate of drug-likeness (QED) is 0.173. The van der Waals surface area contributed by atoms with Crippen LogP contribution in [0.25, 0.3) is 0 Å². The monoisotopic (exact) mass is 824 g/mol. The second-order valence-electron chi connectivity index (χ2n) is 15.4. The fourth-order valence-electron chi connectivity index (χ4n) is 8.85. The predicted octanol–water partition coefficient (Wildman–Crippen LogP) is 7.88. The van der Waals surface area contributed by atoms with E-state index in [9.17, 15) is 46.6 Å². The second kappa shape index (κ2) is 17.0. The van der Waals surface area contributed by atoms with Crippen LogP contribution < -0.4 is 4.74 Å². The Morgan fingerprint density at radius 3 is 2.49 bits per heavy atom. The van der Waals surface area contributed by atoms with Gasteiger partial charge in [-0.25, -0.2) is 0 Å². The maximum Gasteiger partial charge on any atom is 0.425 e. The average molecular weight is 825 g/mol. The molecule has 1 saturated carbocycles. The van der Waals surface area contributed by atoms with Gasteiger partial charge in [0.25, 0.3) is 11.8 Å². The number of carbonyl (C=O) groups is 2. The third-order valence-electron chi connectivity index (χ3n) is 11.8. The topological polar surface area (TPSA) is 136 Å². The Balaban J connectivity index is 1.30. The number of pyridine rings is 1. The van der Waals surface area contributed by atoms with Gasteiger partial charge in [-0.05, 0) is 69.4 Å². The van der Waals surface area contributed by atoms with E-state index >= 15 is 4.79 Å². The van der Waals surface area contributed by atoms with Crippen LogP contribution >= 0.6 is 11.3 Å². The Morgan fingerprint density at radius 1 is 1.11 bits per heavy atom. The lowest BCUT2D eigenvalue weighted by Crippen LogP contribution is -2.68. The van der Waals surface area contributed by atoms with E-state index in [1.807, 2.05) is 12.2 Å². The van der Waals surface area contributed by atoms with Gasteiger partial charge in [0.1, 0.15) is 22.1 Å². The van der Waals surface area contributed by atoms with Crippen molar-refractivity contribution >= 4 is 23.2 Å². The van der Waals surface area contributed by atoms with Crippen molar-refractivity contribution in [1.82, 2.24) is 14.8 Å². The van der Waals surface area contributed by atoms with Gasteiger partial charge in [0, 0.05) is 61.6 Å². The molecule has 0 spiro atoms. The Hall–Kier alpha value is -4.14. The van der Waals surface area contributed by atoms with Gasteiger partial charge in [-0.15, -0.1) is 11.3 Å². The second-order valence-corrected chi connectivity index (χ2v) is 16.3. The lowest BCUT2D eigenvalue weighted by molar-refractivity contribution is -0.161. The molecular weight excluding hydrogens is 779 g/mol. The van der Waals surface area contributed by atoms with E-state index in [-0.39, 0.29) is 69.3 Å². The molecule has 2 aliphatic heterocycles. The maximum atomic E-state index is 15.0. The fraction of sp³-hybridized carbons (Fsp3) is 0.600. The van der Waals surface area contributed by atoms with Crippen molar-refractivity contribution in [3.05, 3.63) is 69.4 Å². The first kappa shape index (κ1) is 42.5. The summed E-state index contributed by atoms with van der Waals surface area (Å²) in [4.78, 5) is 34.6. The van der Waals surface area contributed by atoms with Gasteiger partial charge >= 0.3 is 12.4 Å². The molecule has 0 radical (unpaired) electrons. The number of halogens is 6. The van der Waals surface area contributed by atoms with Gasteiger partial charge in [0.05, 0.1) is 29.7 Å². The fourth-order valence-corrected chi connectivity index (χ4v) is 9.53. The van der Waals surface area contributed by atoms with Crippen LogP contribution in [0.15, 0.2) is 53.3 Å². The standard InChI is InChI=1S/C40H46F6N4O6S/c1-2-7-31-38(56-27-21-32(57-23-27)40(44,45)46,13-6-17-50(31)34(51)33-29(39(41,42)43)9-5-16-48-33)36(54)49-18-14-37(24-47,15-19-49)28-8-3-4-10-30(28)55-22-25-11-12-26(20-25)35(52)53/h3,5,8-9,16,21,23,25-26,31,35,52-53H,2,4,6-7,10-15,17-20,22H2,1H3. The number of likely N-dealkylation sites (tertiary alicyclic amines) is 2. The number of allylic oxidation sites excluding steroid dienone is 4. The van der Waals surface area contributed by atoms with E-state index in [1.54, 1.807) is 6.92 Å². The molecule has 2 aromatic heterocycles. The van der Waals surface area contributed by atoms with Crippen LogP contribution in [-0.4, -0.2) is 81.0 Å². The van der Waals surface area contributed by atoms with Crippen LogP contribution in [0.2, 0.25) is 0 Å². The number of aromatic nitrogens is 1. The predicted molar refractivity (Wildman–Crippen MR) is 195 cm³/mol. The van der Waals surface area contributed by atoms with Crippen molar-refractivity contribution < 1.29 is 55.6 Å². The molecule has 17 heteroatoms. The van der Waals surface area contributed by atoms with Crippen molar-refractivity contribution in [2.24, 2.45) is 17.3 Å². The summed E-state index contributed by atoms with van der Waals surface area (Å²) >= 11 is 0.374. The molecule has 310 valence electrons. The number of piperidine rings is 2. The molecular formula is C40H46F6N4O6S. The van der Waals surface area contributed by atoms with Crippen LogP contribution in [0.5, 0.6) is 5.75 Å². The molecule has 10 nitrogen and oxygen atoms in total. The number of nitrogens with zero attached hydrogens (tertiary/aromatic N) is 4. The zero-order valence-corrected chi connectivity index (χ0v) is 32.3. The molecule has 2 amide bonds. The molecule has 0 bridgehead atoms. The number of hydrogen-bond acceptors (Lipinski definition) is 9. The Labute approximate surface area is 330 Å². The third kappa shape index (κ3) is 8.83. The SMILES string of the molecule is CCCC1N(C(=O)c2ncccc2C(F)(F)F)CCCC1(Oc1csc(C(F)(F)F)c1)C(=O)N1CCC(C#N)(C2=C(OCC3CCC(C(O)O)C3)CCC=C2)CC1. The highest BCUT2D eigenvalue weighted by molar-refractivity contribution is 7.10. The largest absolute Gasteiger partial charge is 0.497 e. The summed E-state index contributed by atoms with van der Waals surface area (Å²) in [6, 6.07) is 3.88. The van der Waals surface area contributed by atoms with Gasteiger partial charge in [-0.2, -0.15) is 31.6 Å². The number of amides is 2. The van der Waals surface area contributed by atoms with Crippen molar-refractivity contribution in [1.29, 1.82) is 5.26 Å². The summed E-state index contributed by atoms with van der Waals surface area (Å²) in [5.74, 6) is -1.39. The summed E-state index contributed by atoms with van der Waals surface area (Å²) < 4.78 is 96.2. The normalized spacial score (nSPS) is 25.5. The molecule has 3 fully saturated rings. The van der Waals surface area contributed by atoms with E-state index in [4.69, 9.17) is 9.47 Å². The molecule has 4 aliphatic rings. The number of carbonyl (C=O) groups excluding carboxylic acids is 2. The number of alkyl halides is 6. The highest BCUT2D eigenvalue weighted by Gasteiger charge is 2.57. The highest BCUT2D eigenvalue weighted by atomic mass is 32.1. The molecule has 2 N–H and O–H groups in total. The zero-order valence-electron chi connectivity index (χ0n) is 31.4. The van der Waals surface area contributed by atoms with Crippen LogP contribution in [-0.2, 0) is 21.9 Å². The van der Waals surface area contributed by atoms with Gasteiger partial charge in [-0.1, -0.05) is 25.5 Å². The number of thiophene rings is 1. The Bertz CT molecular complexity index is 1880. The number of rotatable bonds is 11. The van der Waals surface area contributed by atoms with E-state index in [0.29, 0.717) is 61.4 Å². The Morgan fingerprint density at radius 2 is 1.86 bits per heavy atom. The van der Waals surface area contributed by atoms with Crippen LogP contribution in [0.4, 0.5) is 26.3 Å². The summed E-state index contributed by atoms with van der Waals surface area (Å²) in [6.07, 6.45) is -1.94. The van der Waals surface area contributed by atoms with Gasteiger partial charge in [-0.3, -0.25) is 14.6 Å². The van der Waals surface area contributed by atoms with Crippen molar-refractivity contribution in [2.75, 3.05) is 26.2 Å². The minimum atomic E-state index is -4.92. The number of ether oxygens (including phenoxy) is 2. The first-order valence-corrected chi connectivity index (χ1v) is 20.2. The van der Waals surface area contributed by atoms with E-state index in [1.165, 1.54) is 4.90 Å². The van der Waals surface area contributed by atoms with Crippen molar-refractivity contribution in [2.45, 2.75) is 108 Å². The average Bonchev–Trinajstić information content (AvgIpc) is 3.88. The van der Waals surface area contributed by atoms with Crippen LogP contribution in [0, 0.1) is 28.6 Å². The van der Waals surface area contributed by atoms with Gasteiger partial charge in [0.2, 0.25) is 5.60 Å². The number of aliphatic hydroxyl groups is 2.